The molecule has 4 N–H and O–H groups in total. The molecule has 1 aromatic carbocycles. The van der Waals surface area contributed by atoms with Crippen LogP contribution in [-0.2, 0) is 9.59 Å². The third-order valence-corrected chi connectivity index (χ3v) is 6.28. The van der Waals surface area contributed by atoms with E-state index in [9.17, 15) is 19.1 Å². The number of fused-ring (bicyclic) bond motifs is 1. The fourth-order valence-electron chi connectivity index (χ4n) is 3.98. The molecule has 1 aliphatic rings. The van der Waals surface area contributed by atoms with E-state index in [0.717, 1.165) is 6.42 Å². The Balaban J connectivity index is 1.80. The number of aliphatic carboxylic acids is 1. The number of nitrogens with two attached hydrogens (primary N) is 1. The number of carboxylic acids is 1. The molecule has 1 amide bonds. The van der Waals surface area contributed by atoms with Crippen molar-refractivity contribution in [2.24, 2.45) is 11.1 Å². The normalized spacial score (nSPS) is 16.1. The summed E-state index contributed by atoms with van der Waals surface area (Å²) in [6.45, 7) is 0. The van der Waals surface area contributed by atoms with Crippen LogP contribution in [-0.4, -0.2) is 31.5 Å². The fraction of sp³-hybridized carbons (Fsp3) is 0.300. The number of nitrogens with one attached hydrogen (secondary N) is 1. The predicted octanol–water partition coefficient (Wildman–Crippen LogP) is 3.75. The summed E-state index contributed by atoms with van der Waals surface area (Å²) in [6.07, 6.45) is 4.85. The van der Waals surface area contributed by atoms with Gasteiger partial charge in [0.15, 0.2) is 0 Å². The second kappa shape index (κ2) is 7.67. The van der Waals surface area contributed by atoms with E-state index >= 15 is 0 Å². The summed E-state index contributed by atoms with van der Waals surface area (Å²) in [7, 11) is 0. The molecule has 156 valence electrons. The first-order chi connectivity index (χ1) is 14.3. The molecule has 2 heterocycles. The molecule has 0 aliphatic heterocycles. The minimum absolute atomic E-state index is 0.126. The summed E-state index contributed by atoms with van der Waals surface area (Å²) < 4.78 is 15.8. The Bertz CT molecular complexity index is 1140. The second-order valence-corrected chi connectivity index (χ2v) is 8.31. The van der Waals surface area contributed by atoms with E-state index in [-0.39, 0.29) is 12.4 Å². The molecular weight excluding hydrogens is 457 g/mol. The van der Waals surface area contributed by atoms with Gasteiger partial charge in [0.1, 0.15) is 11.5 Å². The highest BCUT2D eigenvalue weighted by atomic mass is 79.9. The van der Waals surface area contributed by atoms with Crippen molar-refractivity contribution in [3.63, 3.8) is 0 Å². The summed E-state index contributed by atoms with van der Waals surface area (Å²) in [5.41, 5.74) is 5.31. The van der Waals surface area contributed by atoms with E-state index in [1.807, 2.05) is 0 Å². The van der Waals surface area contributed by atoms with Gasteiger partial charge >= 0.3 is 5.97 Å². The predicted molar refractivity (Wildman–Crippen MR) is 112 cm³/mol. The topological polar surface area (TPSA) is 123 Å². The smallest absolute Gasteiger partial charge is 0.311 e. The number of benzene rings is 1. The number of aromatic nitrogens is 3. The van der Waals surface area contributed by atoms with Crippen molar-refractivity contribution in [1.82, 2.24) is 14.5 Å². The highest BCUT2D eigenvalue weighted by Gasteiger charge is 2.52. The molecule has 4 rings (SSSR count). The Hall–Kier alpha value is -3.01. The van der Waals surface area contributed by atoms with Crippen molar-refractivity contribution in [3.8, 4) is 0 Å². The molecule has 1 fully saturated rings. The first-order valence-electron chi connectivity index (χ1n) is 9.37. The zero-order valence-electron chi connectivity index (χ0n) is 15.8. The second-order valence-electron chi connectivity index (χ2n) is 7.45. The standard InChI is InChI=1S/C20H19BrFN5O3/c21-14-10-27(15(8-16(23)28)20(18(29)30)5-2-6-20)17-13(14)9-24-19(26-17)25-12-4-1-3-11(22)7-12/h1,3-4,7,9-10,15H,2,5-6,8H2,(H2,23,28)(H,29,30)(H,24,25,26). The average molecular weight is 476 g/mol. The molecule has 1 saturated carbocycles. The van der Waals surface area contributed by atoms with Crippen LogP contribution >= 0.6 is 15.9 Å². The van der Waals surface area contributed by atoms with Crippen LogP contribution in [0.1, 0.15) is 31.7 Å². The number of hydrogen-bond donors (Lipinski definition) is 3. The summed E-state index contributed by atoms with van der Waals surface area (Å²) in [5, 5.41) is 13.5. The zero-order valence-corrected chi connectivity index (χ0v) is 17.4. The number of rotatable bonds is 7. The quantitative estimate of drug-likeness (QED) is 0.478. The molecule has 30 heavy (non-hydrogen) atoms. The van der Waals surface area contributed by atoms with Gasteiger partial charge in [-0.05, 0) is 47.0 Å². The van der Waals surface area contributed by atoms with Crippen LogP contribution in [0.25, 0.3) is 11.0 Å². The lowest BCUT2D eigenvalue weighted by atomic mass is 9.63. The molecule has 0 radical (unpaired) electrons. The number of halogens is 2. The van der Waals surface area contributed by atoms with Crippen LogP contribution in [0, 0.1) is 11.2 Å². The Kier molecular flexibility index (Phi) is 5.19. The van der Waals surface area contributed by atoms with Gasteiger partial charge in [0, 0.05) is 29.0 Å². The van der Waals surface area contributed by atoms with Crippen LogP contribution < -0.4 is 11.1 Å². The van der Waals surface area contributed by atoms with E-state index in [1.54, 1.807) is 29.1 Å². The number of hydrogen-bond acceptors (Lipinski definition) is 5. The van der Waals surface area contributed by atoms with Gasteiger partial charge in [-0.1, -0.05) is 12.5 Å². The molecule has 0 spiro atoms. The van der Waals surface area contributed by atoms with Crippen molar-refractivity contribution in [1.29, 1.82) is 0 Å². The minimum atomic E-state index is -1.08. The van der Waals surface area contributed by atoms with Gasteiger partial charge in [-0.15, -0.1) is 0 Å². The average Bonchev–Trinajstić information content (AvgIpc) is 2.95. The van der Waals surface area contributed by atoms with Crippen LogP contribution in [0.2, 0.25) is 0 Å². The fourth-order valence-corrected chi connectivity index (χ4v) is 4.48. The number of primary amides is 1. The van der Waals surface area contributed by atoms with Gasteiger partial charge in [-0.25, -0.2) is 9.37 Å². The maximum Gasteiger partial charge on any atom is 0.311 e. The molecule has 1 unspecified atom stereocenters. The lowest BCUT2D eigenvalue weighted by Crippen LogP contribution is -2.46. The minimum Gasteiger partial charge on any atom is -0.481 e. The molecule has 0 bridgehead atoms. The third-order valence-electron chi connectivity index (χ3n) is 5.64. The molecular formula is C20H19BrFN5O3. The summed E-state index contributed by atoms with van der Waals surface area (Å²) in [6, 6.07) is 5.19. The van der Waals surface area contributed by atoms with Crippen LogP contribution in [0.15, 0.2) is 41.1 Å². The molecule has 0 saturated heterocycles. The van der Waals surface area contributed by atoms with Crippen molar-refractivity contribution >= 4 is 50.5 Å². The Labute approximate surface area is 179 Å². The van der Waals surface area contributed by atoms with E-state index in [2.05, 4.69) is 31.2 Å². The zero-order chi connectivity index (χ0) is 21.5. The summed E-state index contributed by atoms with van der Waals surface area (Å²) in [5.74, 6) is -1.72. The van der Waals surface area contributed by atoms with Crippen LogP contribution in [0.3, 0.4) is 0 Å². The van der Waals surface area contributed by atoms with Crippen LogP contribution in [0.5, 0.6) is 0 Å². The first-order valence-corrected chi connectivity index (χ1v) is 10.2. The molecule has 3 aromatic rings. The van der Waals surface area contributed by atoms with E-state index < -0.39 is 29.2 Å². The largest absolute Gasteiger partial charge is 0.481 e. The lowest BCUT2D eigenvalue weighted by Gasteiger charge is -2.44. The van der Waals surface area contributed by atoms with Gasteiger partial charge in [0.25, 0.3) is 0 Å². The molecule has 8 nitrogen and oxygen atoms in total. The van der Waals surface area contributed by atoms with Crippen molar-refractivity contribution in [2.45, 2.75) is 31.7 Å². The Morgan fingerprint density at radius 3 is 2.77 bits per heavy atom. The SMILES string of the molecule is NC(=O)CC(n1cc(Br)c2cnc(Nc3cccc(F)c3)nc21)C1(C(=O)O)CCC1. The number of anilines is 2. The van der Waals surface area contributed by atoms with Gasteiger partial charge in [-0.2, -0.15) is 4.98 Å². The number of carbonyl (C=O) groups is 2. The summed E-state index contributed by atoms with van der Waals surface area (Å²) in [4.78, 5) is 32.7. The number of carbonyl (C=O) groups excluding carboxylic acids is 1. The number of nitrogens with zero attached hydrogens (tertiary/aromatic N) is 3. The highest BCUT2D eigenvalue weighted by Crippen LogP contribution is 2.52. The lowest BCUT2D eigenvalue weighted by molar-refractivity contribution is -0.159. The van der Waals surface area contributed by atoms with Gasteiger partial charge in [0.2, 0.25) is 11.9 Å². The summed E-state index contributed by atoms with van der Waals surface area (Å²) >= 11 is 3.46. The maximum absolute atomic E-state index is 13.5. The molecule has 1 atom stereocenters. The molecule has 2 aromatic heterocycles. The first kappa shape index (κ1) is 20.3. The van der Waals surface area contributed by atoms with E-state index in [4.69, 9.17) is 5.73 Å². The number of amides is 1. The van der Waals surface area contributed by atoms with Gasteiger partial charge < -0.3 is 20.7 Å². The van der Waals surface area contributed by atoms with Gasteiger partial charge in [-0.3, -0.25) is 9.59 Å². The number of carboxylic acid groups (broad SMARTS) is 1. The highest BCUT2D eigenvalue weighted by molar-refractivity contribution is 9.10. The monoisotopic (exact) mass is 475 g/mol. The Morgan fingerprint density at radius 2 is 2.17 bits per heavy atom. The van der Waals surface area contributed by atoms with E-state index in [1.165, 1.54) is 12.1 Å². The van der Waals surface area contributed by atoms with E-state index in [0.29, 0.717) is 34.0 Å². The molecule has 10 heteroatoms. The van der Waals surface area contributed by atoms with Crippen molar-refractivity contribution in [2.75, 3.05) is 5.32 Å². The van der Waals surface area contributed by atoms with Crippen LogP contribution in [0.4, 0.5) is 16.0 Å². The Morgan fingerprint density at radius 1 is 1.40 bits per heavy atom. The molecule has 1 aliphatic carbocycles. The van der Waals surface area contributed by atoms with Crippen molar-refractivity contribution < 1.29 is 19.1 Å². The van der Waals surface area contributed by atoms with Gasteiger partial charge in [0.05, 0.1) is 16.8 Å². The van der Waals surface area contributed by atoms with Crippen molar-refractivity contribution in [3.05, 3.63) is 46.9 Å². The maximum atomic E-state index is 13.5. The third kappa shape index (κ3) is 3.51.